The molecule has 12 heteroatoms. The molecule has 2 aliphatic heterocycles. The number of carbonyl (C=O) groups excluding carboxylic acids is 1. The van der Waals surface area contributed by atoms with Gasteiger partial charge < -0.3 is 4.74 Å². The zero-order chi connectivity index (χ0) is 25.0. The van der Waals surface area contributed by atoms with Crippen LogP contribution in [0.25, 0.3) is 0 Å². The number of rotatable bonds is 10. The molecule has 1 atom stereocenters. The van der Waals surface area contributed by atoms with E-state index in [4.69, 9.17) is 4.74 Å². The summed E-state index contributed by atoms with van der Waals surface area (Å²) < 4.78 is 49.5. The van der Waals surface area contributed by atoms with Crippen molar-refractivity contribution in [3.63, 3.8) is 0 Å². The molecule has 3 heterocycles. The summed E-state index contributed by atoms with van der Waals surface area (Å²) in [6, 6.07) is 8.22. The Balaban J connectivity index is 1.48. The van der Waals surface area contributed by atoms with Gasteiger partial charge in [-0.1, -0.05) is 12.1 Å². The number of nitrogens with one attached hydrogen (secondary N) is 1. The summed E-state index contributed by atoms with van der Waals surface area (Å²) in [6.07, 6.45) is 2.97. The quantitative estimate of drug-likeness (QED) is 0.386. The van der Waals surface area contributed by atoms with Gasteiger partial charge in [0.05, 0.1) is 24.2 Å². The Morgan fingerprint density at radius 1 is 1.20 bits per heavy atom. The van der Waals surface area contributed by atoms with E-state index in [-0.39, 0.29) is 24.8 Å². The Morgan fingerprint density at radius 2 is 2.00 bits per heavy atom. The molecule has 1 aromatic carbocycles. The molecule has 0 spiro atoms. The second kappa shape index (κ2) is 11.0. The van der Waals surface area contributed by atoms with E-state index in [2.05, 4.69) is 10.4 Å². The van der Waals surface area contributed by atoms with Crippen LogP contribution >= 0.6 is 0 Å². The second-order valence-corrected chi connectivity index (χ2v) is 10.7. The topological polar surface area (TPSA) is 98.3 Å². The predicted molar refractivity (Wildman–Crippen MR) is 130 cm³/mol. The minimum Gasteiger partial charge on any atom is -0.383 e. The Hall–Kier alpha value is -2.64. The Bertz CT molecular complexity index is 1130. The molecule has 10 nitrogen and oxygen atoms in total. The maximum atomic E-state index is 15.5. The monoisotopic (exact) mass is 506 g/mol. The van der Waals surface area contributed by atoms with Crippen LogP contribution in [0.4, 0.5) is 15.8 Å². The van der Waals surface area contributed by atoms with Crippen molar-refractivity contribution in [2.45, 2.75) is 25.9 Å². The molecule has 2 aromatic rings. The van der Waals surface area contributed by atoms with Crippen LogP contribution in [0.1, 0.15) is 17.7 Å². The van der Waals surface area contributed by atoms with Crippen LogP contribution in [0.15, 0.2) is 36.5 Å². The minimum absolute atomic E-state index is 0.150. The summed E-state index contributed by atoms with van der Waals surface area (Å²) in [5.41, 5.74) is 4.68. The number of halogens is 1. The number of piperazine rings is 1. The van der Waals surface area contributed by atoms with Gasteiger partial charge in [-0.2, -0.15) is 17.0 Å². The van der Waals surface area contributed by atoms with Crippen molar-refractivity contribution < 1.29 is 22.3 Å². The summed E-state index contributed by atoms with van der Waals surface area (Å²) in [5.74, 6) is -0.480. The van der Waals surface area contributed by atoms with E-state index < -0.39 is 16.0 Å². The van der Waals surface area contributed by atoms with Crippen molar-refractivity contribution in [3.8, 4) is 0 Å². The fraction of sp³-hybridized carbons (Fsp3) is 0.478. The number of hydrazine groups is 1. The number of methoxy groups -OCH3 is 1. The highest BCUT2D eigenvalue weighted by atomic mass is 32.2. The molecule has 2 saturated heterocycles. The van der Waals surface area contributed by atoms with E-state index in [1.807, 2.05) is 11.8 Å². The van der Waals surface area contributed by atoms with Crippen LogP contribution in [0.3, 0.4) is 0 Å². The van der Waals surface area contributed by atoms with Crippen LogP contribution in [0.5, 0.6) is 0 Å². The molecular weight excluding hydrogens is 475 g/mol. The molecule has 2 fully saturated rings. The van der Waals surface area contributed by atoms with Gasteiger partial charge >= 0.3 is 0 Å². The van der Waals surface area contributed by atoms with Gasteiger partial charge in [0, 0.05) is 63.7 Å². The van der Waals surface area contributed by atoms with Crippen molar-refractivity contribution in [1.29, 1.82) is 0 Å². The van der Waals surface area contributed by atoms with E-state index in [9.17, 15) is 13.2 Å². The summed E-state index contributed by atoms with van der Waals surface area (Å²) in [6.45, 7) is 4.61. The van der Waals surface area contributed by atoms with Gasteiger partial charge in [0.2, 0.25) is 6.41 Å². The summed E-state index contributed by atoms with van der Waals surface area (Å²) in [4.78, 5) is 17.9. The Kier molecular flexibility index (Phi) is 7.97. The van der Waals surface area contributed by atoms with E-state index >= 15 is 4.39 Å². The van der Waals surface area contributed by atoms with E-state index in [1.54, 1.807) is 37.4 Å². The number of ether oxygens (including phenoxy) is 1. The molecule has 0 unspecified atom stereocenters. The van der Waals surface area contributed by atoms with Gasteiger partial charge in [-0.3, -0.25) is 20.1 Å². The lowest BCUT2D eigenvalue weighted by atomic mass is 10.1. The van der Waals surface area contributed by atoms with Gasteiger partial charge in [0.1, 0.15) is 0 Å². The van der Waals surface area contributed by atoms with Gasteiger partial charge in [-0.05, 0) is 31.5 Å². The highest BCUT2D eigenvalue weighted by Gasteiger charge is 2.38. The van der Waals surface area contributed by atoms with Crippen LogP contribution in [-0.4, -0.2) is 85.8 Å². The molecule has 1 aromatic heterocycles. The molecule has 1 N–H and O–H groups in total. The van der Waals surface area contributed by atoms with Gasteiger partial charge in [-0.15, -0.1) is 0 Å². The molecule has 4 rings (SSSR count). The lowest BCUT2D eigenvalue weighted by Crippen LogP contribution is -2.60. The first-order chi connectivity index (χ1) is 16.8. The molecule has 2 aliphatic rings. The van der Waals surface area contributed by atoms with Crippen molar-refractivity contribution >= 4 is 28.0 Å². The van der Waals surface area contributed by atoms with Gasteiger partial charge in [0.25, 0.3) is 10.2 Å². The predicted octanol–water partition coefficient (Wildman–Crippen LogP) is 1.60. The van der Waals surface area contributed by atoms with Crippen LogP contribution in [0.2, 0.25) is 0 Å². The molecular formula is C23H31FN6O4S. The number of anilines is 2. The van der Waals surface area contributed by atoms with Crippen molar-refractivity contribution in [1.82, 2.24) is 18.5 Å². The average molecular weight is 507 g/mol. The highest BCUT2D eigenvalue weighted by Crippen LogP contribution is 2.25. The molecule has 190 valence electrons. The third kappa shape index (κ3) is 5.62. The first-order valence-corrected chi connectivity index (χ1v) is 12.9. The maximum absolute atomic E-state index is 15.5. The Morgan fingerprint density at radius 3 is 2.63 bits per heavy atom. The largest absolute Gasteiger partial charge is 0.383 e. The fourth-order valence-corrected chi connectivity index (χ4v) is 5.92. The lowest BCUT2D eigenvalue weighted by molar-refractivity contribution is -0.107. The third-order valence-electron chi connectivity index (χ3n) is 6.37. The van der Waals surface area contributed by atoms with Crippen LogP contribution in [0, 0.1) is 12.7 Å². The molecule has 0 bridgehead atoms. The number of aromatic nitrogens is 1. The van der Waals surface area contributed by atoms with Crippen molar-refractivity contribution in [2.24, 2.45) is 0 Å². The normalized spacial score (nSPS) is 19.8. The number of hydrogen-bond acceptors (Lipinski definition) is 7. The van der Waals surface area contributed by atoms with Gasteiger partial charge in [0.15, 0.2) is 5.82 Å². The van der Waals surface area contributed by atoms with Gasteiger partial charge in [-0.25, -0.2) is 9.40 Å². The number of carbonyl (C=O) groups is 1. The number of amides is 1. The van der Waals surface area contributed by atoms with E-state index in [0.717, 1.165) is 12.1 Å². The molecule has 0 aliphatic carbocycles. The number of hydrogen-bond donors (Lipinski definition) is 1. The zero-order valence-electron chi connectivity index (χ0n) is 19.9. The first kappa shape index (κ1) is 25.5. The van der Waals surface area contributed by atoms with Crippen LogP contribution in [-0.2, 0) is 26.3 Å². The third-order valence-corrected chi connectivity index (χ3v) is 8.37. The van der Waals surface area contributed by atoms with E-state index in [0.29, 0.717) is 50.4 Å². The summed E-state index contributed by atoms with van der Waals surface area (Å²) in [7, 11) is -1.91. The number of benzene rings is 1. The maximum Gasteiger partial charge on any atom is 0.282 e. The van der Waals surface area contributed by atoms with Crippen LogP contribution < -0.4 is 10.4 Å². The SMILES string of the molecule is COC[C@@H]1CN(S(=O)(=O)N2CCC2)CCN1Cc1cccc(NN(C=O)c2ccc(C)nc2)c1F. The summed E-state index contributed by atoms with van der Waals surface area (Å²) >= 11 is 0. The number of nitrogens with zero attached hydrogens (tertiary/aromatic N) is 5. The van der Waals surface area contributed by atoms with Crippen molar-refractivity contribution in [2.75, 3.05) is 56.9 Å². The zero-order valence-corrected chi connectivity index (χ0v) is 20.7. The standard InChI is InChI=1S/C23H31FN6O4S/c1-18-7-8-20(13-25-18)30(17-31)26-22-6-3-5-19(23(22)24)14-27-11-12-29(15-21(27)16-34-2)35(32,33)28-9-4-10-28/h3,5-8,13,17,21,26H,4,9-12,14-16H2,1-2H3/t21-/m0/s1. The number of aryl methyl sites for hydroxylation is 1. The van der Waals surface area contributed by atoms with Crippen molar-refractivity contribution in [3.05, 3.63) is 53.6 Å². The molecule has 0 radical (unpaired) electrons. The molecule has 1 amide bonds. The molecule has 35 heavy (non-hydrogen) atoms. The highest BCUT2D eigenvalue weighted by molar-refractivity contribution is 7.86. The summed E-state index contributed by atoms with van der Waals surface area (Å²) in [5, 5.41) is 1.17. The minimum atomic E-state index is -3.48. The lowest BCUT2D eigenvalue weighted by Gasteiger charge is -2.43. The first-order valence-electron chi connectivity index (χ1n) is 11.5. The molecule has 0 saturated carbocycles. The second-order valence-electron chi connectivity index (χ2n) is 8.72. The van der Waals surface area contributed by atoms with E-state index in [1.165, 1.54) is 19.8 Å². The average Bonchev–Trinajstić information content (AvgIpc) is 2.80. The fourth-order valence-electron chi connectivity index (χ4n) is 4.20. The smallest absolute Gasteiger partial charge is 0.282 e. The number of pyridine rings is 1. The Labute approximate surface area is 205 Å².